The molecule has 6 nitrogen and oxygen atoms in total. The van der Waals surface area contributed by atoms with Gasteiger partial charge in [0.1, 0.15) is 5.82 Å². The smallest absolute Gasteiger partial charge is 0.270 e. The third-order valence-corrected chi connectivity index (χ3v) is 4.46. The van der Waals surface area contributed by atoms with E-state index in [1.165, 1.54) is 12.1 Å². The Hall–Kier alpha value is -1.77. The van der Waals surface area contributed by atoms with E-state index in [1.54, 1.807) is 12.1 Å². The van der Waals surface area contributed by atoms with Crippen LogP contribution < -0.4 is 5.32 Å². The lowest BCUT2D eigenvalue weighted by atomic mass is 10.1. The van der Waals surface area contributed by atoms with Crippen molar-refractivity contribution in [1.29, 1.82) is 0 Å². The molecule has 0 unspecified atom stereocenters. The molecule has 1 aliphatic carbocycles. The van der Waals surface area contributed by atoms with Crippen LogP contribution in [0.1, 0.15) is 24.5 Å². The molecule has 1 N–H and O–H groups in total. The van der Waals surface area contributed by atoms with Crippen molar-refractivity contribution in [1.82, 2.24) is 9.97 Å². The summed E-state index contributed by atoms with van der Waals surface area (Å²) in [4.78, 5) is 19.6. The summed E-state index contributed by atoms with van der Waals surface area (Å²) < 4.78 is 1.03. The SMILES string of the molecule is CNc1nc(-c2cccc([N+](=O)[O-])c2)nc(C2CC2)c1I. The summed E-state index contributed by atoms with van der Waals surface area (Å²) >= 11 is 2.25. The van der Waals surface area contributed by atoms with Gasteiger partial charge in [0.15, 0.2) is 5.82 Å². The zero-order valence-corrected chi connectivity index (χ0v) is 13.5. The van der Waals surface area contributed by atoms with Crippen LogP contribution >= 0.6 is 22.6 Å². The topological polar surface area (TPSA) is 81.0 Å². The summed E-state index contributed by atoms with van der Waals surface area (Å²) in [7, 11) is 1.82. The number of rotatable bonds is 4. The van der Waals surface area contributed by atoms with Crippen molar-refractivity contribution >= 4 is 34.1 Å². The maximum Gasteiger partial charge on any atom is 0.270 e. The van der Waals surface area contributed by atoms with Gasteiger partial charge in [0.25, 0.3) is 5.69 Å². The maximum absolute atomic E-state index is 10.9. The van der Waals surface area contributed by atoms with E-state index in [1.807, 2.05) is 7.05 Å². The molecule has 1 aliphatic rings. The Balaban J connectivity index is 2.11. The fourth-order valence-electron chi connectivity index (χ4n) is 2.15. The van der Waals surface area contributed by atoms with Crippen LogP contribution in [0.5, 0.6) is 0 Å². The molecule has 21 heavy (non-hydrogen) atoms. The number of halogens is 1. The van der Waals surface area contributed by atoms with Crippen LogP contribution in [-0.2, 0) is 0 Å². The highest BCUT2D eigenvalue weighted by Crippen LogP contribution is 2.43. The quantitative estimate of drug-likeness (QED) is 0.486. The largest absolute Gasteiger partial charge is 0.372 e. The van der Waals surface area contributed by atoms with E-state index in [9.17, 15) is 10.1 Å². The van der Waals surface area contributed by atoms with Crippen LogP contribution in [0.4, 0.5) is 11.5 Å². The van der Waals surface area contributed by atoms with Crippen molar-refractivity contribution in [3.8, 4) is 11.4 Å². The predicted octanol–water partition coefficient (Wildman–Crippen LogP) is 3.58. The van der Waals surface area contributed by atoms with Crippen molar-refractivity contribution < 1.29 is 4.92 Å². The number of hydrogen-bond donors (Lipinski definition) is 1. The van der Waals surface area contributed by atoms with Crippen molar-refractivity contribution in [3.05, 3.63) is 43.6 Å². The third-order valence-electron chi connectivity index (χ3n) is 3.39. The molecule has 0 bridgehead atoms. The number of nitrogens with zero attached hydrogens (tertiary/aromatic N) is 3. The molecule has 2 aromatic rings. The lowest BCUT2D eigenvalue weighted by Crippen LogP contribution is -2.04. The summed E-state index contributed by atoms with van der Waals surface area (Å²) in [6.07, 6.45) is 2.29. The second-order valence-corrected chi connectivity index (χ2v) is 6.01. The van der Waals surface area contributed by atoms with Crippen LogP contribution in [0.3, 0.4) is 0 Å². The van der Waals surface area contributed by atoms with Gasteiger partial charge < -0.3 is 5.32 Å². The zero-order chi connectivity index (χ0) is 15.0. The summed E-state index contributed by atoms with van der Waals surface area (Å²) in [6, 6.07) is 6.44. The van der Waals surface area contributed by atoms with Gasteiger partial charge in [0.2, 0.25) is 0 Å². The van der Waals surface area contributed by atoms with Gasteiger partial charge in [0, 0.05) is 30.7 Å². The highest BCUT2D eigenvalue weighted by molar-refractivity contribution is 14.1. The van der Waals surface area contributed by atoms with Crippen LogP contribution in [0.2, 0.25) is 0 Å². The third kappa shape index (κ3) is 2.82. The zero-order valence-electron chi connectivity index (χ0n) is 11.3. The highest BCUT2D eigenvalue weighted by atomic mass is 127. The molecular formula is C14H13IN4O2. The molecule has 0 saturated heterocycles. The minimum atomic E-state index is -0.406. The van der Waals surface area contributed by atoms with Gasteiger partial charge in [-0.1, -0.05) is 12.1 Å². The number of nitro groups is 1. The molecule has 1 aromatic heterocycles. The minimum absolute atomic E-state index is 0.0497. The predicted molar refractivity (Wildman–Crippen MR) is 88.4 cm³/mol. The van der Waals surface area contributed by atoms with Crippen molar-refractivity contribution in [2.45, 2.75) is 18.8 Å². The Morgan fingerprint density at radius 2 is 2.14 bits per heavy atom. The van der Waals surface area contributed by atoms with Gasteiger partial charge in [0.05, 0.1) is 14.2 Å². The van der Waals surface area contributed by atoms with E-state index in [2.05, 4.69) is 37.9 Å². The van der Waals surface area contributed by atoms with Crippen molar-refractivity contribution in [2.24, 2.45) is 0 Å². The molecule has 0 spiro atoms. The first-order valence-corrected chi connectivity index (χ1v) is 7.68. The molecule has 1 aromatic carbocycles. The van der Waals surface area contributed by atoms with E-state index < -0.39 is 4.92 Å². The number of nitro benzene ring substituents is 1. The lowest BCUT2D eigenvalue weighted by molar-refractivity contribution is -0.384. The number of hydrogen-bond acceptors (Lipinski definition) is 5. The maximum atomic E-state index is 10.9. The molecular weight excluding hydrogens is 383 g/mol. The van der Waals surface area contributed by atoms with Gasteiger partial charge in [-0.05, 0) is 35.4 Å². The summed E-state index contributed by atoms with van der Waals surface area (Å²) in [5.41, 5.74) is 1.75. The second kappa shape index (κ2) is 5.55. The van der Waals surface area contributed by atoms with Crippen LogP contribution in [0.15, 0.2) is 24.3 Å². The van der Waals surface area contributed by atoms with E-state index in [-0.39, 0.29) is 5.69 Å². The van der Waals surface area contributed by atoms with Gasteiger partial charge >= 0.3 is 0 Å². The molecule has 0 radical (unpaired) electrons. The summed E-state index contributed by atoms with van der Waals surface area (Å²) in [5, 5.41) is 14.0. The van der Waals surface area contributed by atoms with E-state index in [4.69, 9.17) is 0 Å². The second-order valence-electron chi connectivity index (χ2n) is 4.93. The van der Waals surface area contributed by atoms with Crippen LogP contribution in [0, 0.1) is 13.7 Å². The lowest BCUT2D eigenvalue weighted by Gasteiger charge is -2.10. The number of nitrogens with one attached hydrogen (secondary N) is 1. The standard InChI is InChI=1S/C14H13IN4O2/c1-16-14-11(15)12(8-5-6-8)17-13(18-14)9-3-2-4-10(7-9)19(20)21/h2-4,7-8H,5-6H2,1H3,(H,16,17,18). The van der Waals surface area contributed by atoms with Gasteiger partial charge in [-0.15, -0.1) is 0 Å². The Morgan fingerprint density at radius 3 is 2.76 bits per heavy atom. The minimum Gasteiger partial charge on any atom is -0.372 e. The number of aromatic nitrogens is 2. The fraction of sp³-hybridized carbons (Fsp3) is 0.286. The first-order chi connectivity index (χ1) is 10.1. The Labute approximate surface area is 135 Å². The first kappa shape index (κ1) is 14.2. The van der Waals surface area contributed by atoms with Crippen molar-refractivity contribution in [2.75, 3.05) is 12.4 Å². The average molecular weight is 396 g/mol. The number of anilines is 1. The monoisotopic (exact) mass is 396 g/mol. The van der Waals surface area contributed by atoms with Gasteiger partial charge in [-0.2, -0.15) is 0 Å². The Bertz CT molecular complexity index is 716. The molecule has 108 valence electrons. The summed E-state index contributed by atoms with van der Waals surface area (Å²) in [5.74, 6) is 1.80. The van der Waals surface area contributed by atoms with E-state index in [0.29, 0.717) is 17.3 Å². The van der Waals surface area contributed by atoms with E-state index >= 15 is 0 Å². The molecule has 3 rings (SSSR count). The molecule has 1 fully saturated rings. The normalized spacial score (nSPS) is 14.0. The average Bonchev–Trinajstić information content (AvgIpc) is 3.32. The molecule has 0 amide bonds. The number of benzene rings is 1. The Kier molecular flexibility index (Phi) is 3.75. The molecule has 0 atom stereocenters. The Morgan fingerprint density at radius 1 is 1.38 bits per heavy atom. The molecule has 7 heteroatoms. The van der Waals surface area contributed by atoms with Crippen LogP contribution in [0.25, 0.3) is 11.4 Å². The molecule has 0 aliphatic heterocycles. The van der Waals surface area contributed by atoms with Gasteiger partial charge in [-0.3, -0.25) is 10.1 Å². The molecule has 1 heterocycles. The van der Waals surface area contributed by atoms with E-state index in [0.717, 1.165) is 27.9 Å². The first-order valence-electron chi connectivity index (χ1n) is 6.60. The summed E-state index contributed by atoms with van der Waals surface area (Å²) in [6.45, 7) is 0. The van der Waals surface area contributed by atoms with Crippen LogP contribution in [-0.4, -0.2) is 21.9 Å². The fourth-order valence-corrected chi connectivity index (χ4v) is 3.10. The highest BCUT2D eigenvalue weighted by Gasteiger charge is 2.29. The van der Waals surface area contributed by atoms with Gasteiger partial charge in [-0.25, -0.2) is 9.97 Å². The van der Waals surface area contributed by atoms with Crippen molar-refractivity contribution in [3.63, 3.8) is 0 Å². The number of non-ortho nitro benzene ring substituents is 1. The molecule has 1 saturated carbocycles.